The second kappa shape index (κ2) is 9.42. The van der Waals surface area contributed by atoms with E-state index in [9.17, 15) is 5.11 Å². The zero-order valence-electron chi connectivity index (χ0n) is 17.9. The van der Waals surface area contributed by atoms with Gasteiger partial charge in [-0.2, -0.15) is 0 Å². The molecule has 1 atom stereocenters. The molecule has 4 aromatic rings. The number of aliphatic hydroxyl groups is 1. The number of aliphatic hydroxyl groups excluding tert-OH is 1. The van der Waals surface area contributed by atoms with Crippen molar-refractivity contribution >= 4 is 45.0 Å². The van der Waals surface area contributed by atoms with Crippen molar-refractivity contribution in [2.75, 3.05) is 32.7 Å². The Kier molecular flexibility index (Phi) is 6.40. The Hall–Kier alpha value is -2.08. The van der Waals surface area contributed by atoms with Crippen LogP contribution in [0.5, 0.6) is 0 Å². The maximum atomic E-state index is 11.0. The molecule has 1 N–H and O–H groups in total. The molecule has 3 aromatic carbocycles. The smallest absolute Gasteiger partial charge is 0.0845 e. The minimum absolute atomic E-state index is 0.458. The molecular weight excluding hydrogens is 441 g/mol. The van der Waals surface area contributed by atoms with Crippen LogP contribution in [0.1, 0.15) is 5.56 Å². The van der Waals surface area contributed by atoms with Gasteiger partial charge in [0.2, 0.25) is 0 Å². The van der Waals surface area contributed by atoms with Crippen molar-refractivity contribution in [2.45, 2.75) is 19.2 Å². The van der Waals surface area contributed by atoms with Crippen molar-refractivity contribution in [1.82, 2.24) is 14.4 Å². The quantitative estimate of drug-likeness (QED) is 0.418. The van der Waals surface area contributed by atoms with Gasteiger partial charge in [-0.15, -0.1) is 0 Å². The van der Waals surface area contributed by atoms with Crippen LogP contribution in [0.3, 0.4) is 0 Å². The molecule has 2 heterocycles. The fourth-order valence-electron chi connectivity index (χ4n) is 4.78. The zero-order valence-corrected chi connectivity index (χ0v) is 19.4. The summed E-state index contributed by atoms with van der Waals surface area (Å²) in [6.07, 6.45) is -0.458. The summed E-state index contributed by atoms with van der Waals surface area (Å²) in [7, 11) is 0. The summed E-state index contributed by atoms with van der Waals surface area (Å²) in [6, 6.07) is 22.4. The molecule has 1 aliphatic rings. The molecule has 1 saturated heterocycles. The van der Waals surface area contributed by atoms with E-state index in [1.807, 2.05) is 36.4 Å². The summed E-state index contributed by atoms with van der Waals surface area (Å²) < 4.78 is 2.19. The molecule has 0 spiro atoms. The van der Waals surface area contributed by atoms with Crippen LogP contribution in [0.15, 0.2) is 66.7 Å². The number of benzene rings is 3. The Balaban J connectivity index is 1.26. The zero-order chi connectivity index (χ0) is 22.1. The van der Waals surface area contributed by atoms with E-state index in [1.165, 1.54) is 5.56 Å². The van der Waals surface area contributed by atoms with Gasteiger partial charge in [0.15, 0.2) is 0 Å². The van der Waals surface area contributed by atoms with Crippen molar-refractivity contribution in [3.05, 3.63) is 82.3 Å². The van der Waals surface area contributed by atoms with Gasteiger partial charge >= 0.3 is 0 Å². The van der Waals surface area contributed by atoms with Crippen LogP contribution in [-0.4, -0.2) is 58.3 Å². The lowest BCUT2D eigenvalue weighted by molar-refractivity contribution is 0.0634. The van der Waals surface area contributed by atoms with E-state index in [2.05, 4.69) is 44.7 Å². The van der Waals surface area contributed by atoms with Crippen molar-refractivity contribution in [3.63, 3.8) is 0 Å². The molecule has 0 bridgehead atoms. The molecule has 0 saturated carbocycles. The molecule has 0 aliphatic carbocycles. The molecular formula is C26H27Cl2N3O. The highest BCUT2D eigenvalue weighted by atomic mass is 35.5. The fraction of sp³-hybridized carbons (Fsp3) is 0.308. The van der Waals surface area contributed by atoms with Crippen LogP contribution in [0, 0.1) is 0 Å². The first kappa shape index (κ1) is 21.7. The average Bonchev–Trinajstić information content (AvgIpc) is 3.08. The van der Waals surface area contributed by atoms with Crippen molar-refractivity contribution in [1.29, 1.82) is 0 Å². The van der Waals surface area contributed by atoms with Crippen LogP contribution >= 0.6 is 23.2 Å². The highest BCUT2D eigenvalue weighted by Crippen LogP contribution is 2.33. The van der Waals surface area contributed by atoms with Crippen molar-refractivity contribution < 1.29 is 5.11 Å². The van der Waals surface area contributed by atoms with Gasteiger partial charge in [0, 0.05) is 71.1 Å². The molecule has 32 heavy (non-hydrogen) atoms. The molecule has 1 unspecified atom stereocenters. The van der Waals surface area contributed by atoms with Crippen molar-refractivity contribution in [3.8, 4) is 0 Å². The fourth-order valence-corrected chi connectivity index (χ4v) is 5.13. The number of rotatable bonds is 6. The maximum Gasteiger partial charge on any atom is 0.0845 e. The lowest BCUT2D eigenvalue weighted by Gasteiger charge is -2.35. The molecule has 6 heteroatoms. The number of β-amino-alcohol motifs (C(OH)–C–C–N with tert-alkyl or cyclic N) is 1. The van der Waals surface area contributed by atoms with Gasteiger partial charge < -0.3 is 9.67 Å². The highest BCUT2D eigenvalue weighted by molar-refractivity contribution is 6.33. The predicted octanol–water partition coefficient (Wildman–Crippen LogP) is 5.28. The van der Waals surface area contributed by atoms with Crippen LogP contribution in [0.2, 0.25) is 10.0 Å². The first-order chi connectivity index (χ1) is 15.6. The van der Waals surface area contributed by atoms with E-state index in [0.29, 0.717) is 23.1 Å². The first-order valence-electron chi connectivity index (χ1n) is 11.1. The average molecular weight is 468 g/mol. The summed E-state index contributed by atoms with van der Waals surface area (Å²) >= 11 is 12.5. The van der Waals surface area contributed by atoms with E-state index < -0.39 is 6.10 Å². The maximum absolute atomic E-state index is 11.0. The van der Waals surface area contributed by atoms with E-state index in [-0.39, 0.29) is 0 Å². The lowest BCUT2D eigenvalue weighted by Crippen LogP contribution is -2.48. The molecule has 1 aromatic heterocycles. The molecule has 5 rings (SSSR count). The van der Waals surface area contributed by atoms with Crippen molar-refractivity contribution in [2.24, 2.45) is 0 Å². The third-order valence-electron chi connectivity index (χ3n) is 6.37. The third-order valence-corrected chi connectivity index (χ3v) is 6.84. The van der Waals surface area contributed by atoms with Gasteiger partial charge in [-0.3, -0.25) is 9.80 Å². The summed E-state index contributed by atoms with van der Waals surface area (Å²) in [5, 5.41) is 14.5. The van der Waals surface area contributed by atoms with E-state index in [4.69, 9.17) is 23.2 Å². The minimum Gasteiger partial charge on any atom is -0.390 e. The SMILES string of the molecule is OC(CN1CCN(Cc2ccccc2)CC1)Cn1c2ccc(Cl)cc2c2cc(Cl)ccc21. The summed E-state index contributed by atoms with van der Waals surface area (Å²) in [5.74, 6) is 0. The lowest BCUT2D eigenvalue weighted by atomic mass is 10.1. The Morgan fingerprint density at radius 1 is 0.719 bits per heavy atom. The number of aromatic nitrogens is 1. The number of piperazine rings is 1. The molecule has 4 nitrogen and oxygen atoms in total. The van der Waals surface area contributed by atoms with Gasteiger partial charge in [0.1, 0.15) is 0 Å². The number of hydrogen-bond donors (Lipinski definition) is 1. The van der Waals surface area contributed by atoms with Crippen LogP contribution in [-0.2, 0) is 13.1 Å². The largest absolute Gasteiger partial charge is 0.390 e. The Morgan fingerprint density at radius 3 is 1.88 bits per heavy atom. The van der Waals surface area contributed by atoms with E-state index >= 15 is 0 Å². The van der Waals surface area contributed by atoms with Crippen LogP contribution < -0.4 is 0 Å². The van der Waals surface area contributed by atoms with Gasteiger partial charge in [0.25, 0.3) is 0 Å². The second-order valence-electron chi connectivity index (χ2n) is 8.65. The third kappa shape index (κ3) is 4.66. The van der Waals surface area contributed by atoms with E-state index in [1.54, 1.807) is 0 Å². The highest BCUT2D eigenvalue weighted by Gasteiger charge is 2.21. The van der Waals surface area contributed by atoms with Gasteiger partial charge in [-0.05, 0) is 42.0 Å². The monoisotopic (exact) mass is 467 g/mol. The molecule has 0 radical (unpaired) electrons. The second-order valence-corrected chi connectivity index (χ2v) is 9.52. The minimum atomic E-state index is -0.458. The Morgan fingerprint density at radius 2 is 1.28 bits per heavy atom. The molecule has 0 amide bonds. The first-order valence-corrected chi connectivity index (χ1v) is 11.9. The van der Waals surface area contributed by atoms with Gasteiger partial charge in [-0.1, -0.05) is 53.5 Å². The summed E-state index contributed by atoms with van der Waals surface area (Å²) in [5.41, 5.74) is 3.49. The number of hydrogen-bond acceptors (Lipinski definition) is 3. The van der Waals surface area contributed by atoms with Crippen LogP contribution in [0.25, 0.3) is 21.8 Å². The molecule has 1 aliphatic heterocycles. The standard InChI is InChI=1S/C26H27Cl2N3O/c27-20-6-8-25-23(14-20)24-15-21(28)7-9-26(24)31(25)18-22(32)17-30-12-10-29(11-13-30)16-19-4-2-1-3-5-19/h1-9,14-15,22,32H,10-13,16-18H2. The summed E-state index contributed by atoms with van der Waals surface area (Å²) in [4.78, 5) is 4.85. The number of fused-ring (bicyclic) bond motifs is 3. The van der Waals surface area contributed by atoms with Gasteiger partial charge in [0.05, 0.1) is 12.6 Å². The topological polar surface area (TPSA) is 31.6 Å². The Labute approximate surface area is 198 Å². The van der Waals surface area contributed by atoms with E-state index in [0.717, 1.165) is 54.5 Å². The predicted molar refractivity (Wildman–Crippen MR) is 134 cm³/mol. The normalized spacial score (nSPS) is 16.7. The Bertz CT molecular complexity index is 1160. The molecule has 1 fully saturated rings. The number of nitrogens with zero attached hydrogens (tertiary/aromatic N) is 3. The summed E-state index contributed by atoms with van der Waals surface area (Å²) in [6.45, 7) is 6.19. The number of halogens is 2. The molecule has 166 valence electrons. The van der Waals surface area contributed by atoms with Gasteiger partial charge in [-0.25, -0.2) is 0 Å². The van der Waals surface area contributed by atoms with Crippen LogP contribution in [0.4, 0.5) is 0 Å².